The highest BCUT2D eigenvalue weighted by Gasteiger charge is 2.30. The van der Waals surface area contributed by atoms with Crippen LogP contribution in [0.5, 0.6) is 28.7 Å². The molecular weight excluding hydrogens is 372 g/mol. The van der Waals surface area contributed by atoms with Gasteiger partial charge in [0.15, 0.2) is 11.5 Å². The monoisotopic (exact) mass is 402 g/mol. The highest BCUT2D eigenvalue weighted by atomic mass is 16.5. The Hall–Kier alpha value is -2.64. The molecule has 1 saturated heterocycles. The lowest BCUT2D eigenvalue weighted by molar-refractivity contribution is 0.191. The van der Waals surface area contributed by atoms with Crippen molar-refractivity contribution in [2.45, 2.75) is 6.04 Å². The Balaban J connectivity index is 2.22. The Bertz CT molecular complexity index is 821. The minimum absolute atomic E-state index is 0.100. The first kappa shape index (κ1) is 21.1. The Morgan fingerprint density at radius 3 is 1.86 bits per heavy atom. The molecule has 1 aliphatic heterocycles. The molecule has 0 aliphatic carbocycles. The molecule has 0 spiro atoms. The molecule has 0 aromatic heterocycles. The van der Waals surface area contributed by atoms with Crippen LogP contribution in [0.15, 0.2) is 30.3 Å². The molecule has 1 heterocycles. The van der Waals surface area contributed by atoms with Crippen LogP contribution in [0, 0.1) is 0 Å². The Morgan fingerprint density at radius 1 is 0.690 bits per heavy atom. The fraction of sp³-hybridized carbons (Fsp3) is 0.455. The topological polar surface area (TPSA) is 61.4 Å². The van der Waals surface area contributed by atoms with Gasteiger partial charge in [-0.15, -0.1) is 0 Å². The molecular formula is C22H30N2O5. The zero-order valence-corrected chi connectivity index (χ0v) is 17.8. The van der Waals surface area contributed by atoms with Gasteiger partial charge in [0.25, 0.3) is 0 Å². The van der Waals surface area contributed by atoms with E-state index in [-0.39, 0.29) is 6.04 Å². The minimum atomic E-state index is -0.100. The fourth-order valence-electron chi connectivity index (χ4n) is 3.82. The van der Waals surface area contributed by atoms with Crippen molar-refractivity contribution >= 4 is 0 Å². The van der Waals surface area contributed by atoms with Crippen LogP contribution in [0.25, 0.3) is 0 Å². The van der Waals surface area contributed by atoms with E-state index in [1.807, 2.05) is 30.3 Å². The summed E-state index contributed by atoms with van der Waals surface area (Å²) in [4.78, 5) is 2.41. The van der Waals surface area contributed by atoms with Crippen LogP contribution >= 0.6 is 0 Å². The largest absolute Gasteiger partial charge is 0.497 e. The summed E-state index contributed by atoms with van der Waals surface area (Å²) in [5.74, 6) is 3.60. The molecule has 7 heteroatoms. The van der Waals surface area contributed by atoms with Gasteiger partial charge in [-0.3, -0.25) is 4.90 Å². The van der Waals surface area contributed by atoms with Crippen LogP contribution in [-0.2, 0) is 0 Å². The number of methoxy groups -OCH3 is 5. The summed E-state index contributed by atoms with van der Waals surface area (Å²) in [6.07, 6.45) is 0. The van der Waals surface area contributed by atoms with Gasteiger partial charge in [0.05, 0.1) is 41.6 Å². The van der Waals surface area contributed by atoms with Crippen LogP contribution in [0.1, 0.15) is 17.2 Å². The maximum atomic E-state index is 5.76. The van der Waals surface area contributed by atoms with Crippen molar-refractivity contribution in [3.05, 3.63) is 41.5 Å². The van der Waals surface area contributed by atoms with Gasteiger partial charge in [-0.1, -0.05) is 0 Å². The predicted octanol–water partition coefficient (Wildman–Crippen LogP) is 2.72. The molecule has 1 atom stereocenters. The lowest BCUT2D eigenvalue weighted by Gasteiger charge is -2.37. The molecule has 1 N–H and O–H groups in total. The van der Waals surface area contributed by atoms with Crippen molar-refractivity contribution in [1.29, 1.82) is 0 Å². The molecule has 0 radical (unpaired) electrons. The Kier molecular flexibility index (Phi) is 7.06. The van der Waals surface area contributed by atoms with Crippen LogP contribution in [0.2, 0.25) is 0 Å². The third-order valence-corrected chi connectivity index (χ3v) is 5.28. The molecule has 0 bridgehead atoms. The quantitative estimate of drug-likeness (QED) is 0.728. The predicted molar refractivity (Wildman–Crippen MR) is 112 cm³/mol. The van der Waals surface area contributed by atoms with E-state index in [0.717, 1.165) is 54.6 Å². The summed E-state index contributed by atoms with van der Waals surface area (Å²) in [5.41, 5.74) is 2.00. The molecule has 2 aromatic rings. The summed E-state index contributed by atoms with van der Waals surface area (Å²) < 4.78 is 28.0. The molecule has 7 nitrogen and oxygen atoms in total. The average Bonchev–Trinajstić information content (AvgIpc) is 2.79. The van der Waals surface area contributed by atoms with Gasteiger partial charge >= 0.3 is 0 Å². The first-order chi connectivity index (χ1) is 14.2. The number of benzene rings is 2. The fourth-order valence-corrected chi connectivity index (χ4v) is 3.82. The van der Waals surface area contributed by atoms with Crippen molar-refractivity contribution in [2.24, 2.45) is 0 Å². The van der Waals surface area contributed by atoms with E-state index >= 15 is 0 Å². The van der Waals surface area contributed by atoms with Gasteiger partial charge < -0.3 is 29.0 Å². The van der Waals surface area contributed by atoms with E-state index in [1.54, 1.807) is 35.5 Å². The van der Waals surface area contributed by atoms with E-state index in [1.165, 1.54) is 0 Å². The molecule has 1 aliphatic rings. The molecule has 3 rings (SSSR count). The second-order valence-electron chi connectivity index (χ2n) is 6.75. The maximum Gasteiger partial charge on any atom is 0.164 e. The lowest BCUT2D eigenvalue weighted by Crippen LogP contribution is -2.45. The molecule has 2 aromatic carbocycles. The highest BCUT2D eigenvalue weighted by molar-refractivity contribution is 5.56. The summed E-state index contributed by atoms with van der Waals surface area (Å²) in [6.45, 7) is 3.61. The first-order valence-electron chi connectivity index (χ1n) is 9.63. The first-order valence-corrected chi connectivity index (χ1v) is 9.63. The van der Waals surface area contributed by atoms with E-state index in [2.05, 4.69) is 10.2 Å². The van der Waals surface area contributed by atoms with Crippen molar-refractivity contribution in [2.75, 3.05) is 61.7 Å². The van der Waals surface area contributed by atoms with Crippen molar-refractivity contribution in [3.63, 3.8) is 0 Å². The van der Waals surface area contributed by atoms with Crippen LogP contribution < -0.4 is 29.0 Å². The van der Waals surface area contributed by atoms with Gasteiger partial charge in [0, 0.05) is 43.4 Å². The molecule has 1 unspecified atom stereocenters. The number of nitrogens with zero attached hydrogens (tertiary/aromatic N) is 1. The standard InChI is InChI=1S/C22H30N2O5/c1-25-15-6-7-18(26-2)16(12-15)22(24-10-8-23-9-11-24)17-13-20(28-4)21(29-5)14-19(17)27-3/h6-7,12-14,22-23H,8-11H2,1-5H3. The molecule has 1 fully saturated rings. The average molecular weight is 402 g/mol. The van der Waals surface area contributed by atoms with Gasteiger partial charge in [-0.25, -0.2) is 0 Å². The smallest absolute Gasteiger partial charge is 0.164 e. The third-order valence-electron chi connectivity index (χ3n) is 5.28. The van der Waals surface area contributed by atoms with E-state index in [0.29, 0.717) is 11.5 Å². The van der Waals surface area contributed by atoms with Gasteiger partial charge in [0.1, 0.15) is 17.2 Å². The number of ether oxygens (including phenoxy) is 5. The maximum absolute atomic E-state index is 5.76. The zero-order chi connectivity index (χ0) is 20.8. The van der Waals surface area contributed by atoms with Crippen LogP contribution in [0.4, 0.5) is 0 Å². The van der Waals surface area contributed by atoms with Crippen LogP contribution in [-0.4, -0.2) is 66.6 Å². The SMILES string of the molecule is COc1ccc(OC)c(C(c2cc(OC)c(OC)cc2OC)N2CCNCC2)c1. The summed E-state index contributed by atoms with van der Waals surface area (Å²) >= 11 is 0. The Morgan fingerprint density at radius 2 is 1.28 bits per heavy atom. The van der Waals surface area contributed by atoms with Crippen molar-refractivity contribution in [3.8, 4) is 28.7 Å². The van der Waals surface area contributed by atoms with Gasteiger partial charge in [0.2, 0.25) is 0 Å². The number of nitrogens with one attached hydrogen (secondary N) is 1. The minimum Gasteiger partial charge on any atom is -0.497 e. The normalized spacial score (nSPS) is 15.5. The number of piperazine rings is 1. The number of hydrogen-bond donors (Lipinski definition) is 1. The van der Waals surface area contributed by atoms with Crippen LogP contribution in [0.3, 0.4) is 0 Å². The number of rotatable bonds is 8. The zero-order valence-electron chi connectivity index (χ0n) is 17.8. The summed E-state index contributed by atoms with van der Waals surface area (Å²) in [6, 6.07) is 9.64. The third kappa shape index (κ3) is 4.36. The second-order valence-corrected chi connectivity index (χ2v) is 6.75. The number of hydrogen-bond acceptors (Lipinski definition) is 7. The summed E-state index contributed by atoms with van der Waals surface area (Å²) in [5, 5.41) is 3.42. The van der Waals surface area contributed by atoms with Gasteiger partial charge in [-0.05, 0) is 24.3 Å². The van der Waals surface area contributed by atoms with E-state index in [4.69, 9.17) is 23.7 Å². The summed E-state index contributed by atoms with van der Waals surface area (Å²) in [7, 11) is 8.28. The van der Waals surface area contributed by atoms with Gasteiger partial charge in [-0.2, -0.15) is 0 Å². The van der Waals surface area contributed by atoms with E-state index < -0.39 is 0 Å². The second kappa shape index (κ2) is 9.71. The van der Waals surface area contributed by atoms with E-state index in [9.17, 15) is 0 Å². The van der Waals surface area contributed by atoms with Crippen molar-refractivity contribution in [1.82, 2.24) is 10.2 Å². The molecule has 158 valence electrons. The highest BCUT2D eigenvalue weighted by Crippen LogP contribution is 2.44. The van der Waals surface area contributed by atoms with Crippen molar-refractivity contribution < 1.29 is 23.7 Å². The molecule has 0 saturated carbocycles. The Labute approximate surface area is 172 Å². The lowest BCUT2D eigenvalue weighted by atomic mass is 9.94. The molecule has 29 heavy (non-hydrogen) atoms. The molecule has 0 amide bonds.